The van der Waals surface area contributed by atoms with Gasteiger partial charge in [-0.25, -0.2) is 0 Å². The summed E-state index contributed by atoms with van der Waals surface area (Å²) in [5.74, 6) is 1.59. The monoisotopic (exact) mass is 255 g/mol. The third-order valence-electron chi connectivity index (χ3n) is 4.39. The Morgan fingerprint density at radius 2 is 1.89 bits per heavy atom. The van der Waals surface area contributed by atoms with E-state index in [4.69, 9.17) is 4.74 Å². The topological polar surface area (TPSA) is 41.5 Å². The van der Waals surface area contributed by atoms with Gasteiger partial charge in [-0.3, -0.25) is 0 Å². The molecular formula is C15H29NO2. The Hall–Kier alpha value is -0.120. The predicted molar refractivity (Wildman–Crippen MR) is 73.6 cm³/mol. The lowest BCUT2D eigenvalue weighted by Gasteiger charge is -2.29. The van der Waals surface area contributed by atoms with Crippen LogP contribution in [-0.4, -0.2) is 37.0 Å². The minimum Gasteiger partial charge on any atom is -0.389 e. The Labute approximate surface area is 111 Å². The average Bonchev–Trinajstić information content (AvgIpc) is 3.21. The maximum Gasteiger partial charge on any atom is 0.0897 e. The van der Waals surface area contributed by atoms with Crippen molar-refractivity contribution < 1.29 is 9.84 Å². The molecule has 3 nitrogen and oxygen atoms in total. The van der Waals surface area contributed by atoms with Gasteiger partial charge in [-0.2, -0.15) is 0 Å². The van der Waals surface area contributed by atoms with Crippen molar-refractivity contribution in [3.8, 4) is 0 Å². The Morgan fingerprint density at radius 3 is 2.56 bits per heavy atom. The Balaban J connectivity index is 1.51. The fourth-order valence-electron chi connectivity index (χ4n) is 2.84. The van der Waals surface area contributed by atoms with Gasteiger partial charge in [0, 0.05) is 19.2 Å². The van der Waals surface area contributed by atoms with Crippen LogP contribution in [0.3, 0.4) is 0 Å². The van der Waals surface area contributed by atoms with E-state index in [9.17, 15) is 5.11 Å². The first kappa shape index (κ1) is 14.3. The number of hydrogen-bond acceptors (Lipinski definition) is 3. The summed E-state index contributed by atoms with van der Waals surface area (Å²) < 4.78 is 5.51. The predicted octanol–water partition coefficient (Wildman–Crippen LogP) is 2.33. The minimum absolute atomic E-state index is 0.352. The number of aliphatic hydroxyl groups is 1. The second-order valence-electron chi connectivity index (χ2n) is 6.23. The maximum atomic E-state index is 9.84. The van der Waals surface area contributed by atoms with E-state index >= 15 is 0 Å². The molecule has 2 rings (SSSR count). The van der Waals surface area contributed by atoms with Crippen LogP contribution in [0.5, 0.6) is 0 Å². The van der Waals surface area contributed by atoms with Gasteiger partial charge in [0.2, 0.25) is 0 Å². The quantitative estimate of drug-likeness (QED) is 0.699. The van der Waals surface area contributed by atoms with E-state index in [1.807, 2.05) is 0 Å². The van der Waals surface area contributed by atoms with E-state index in [0.717, 1.165) is 18.4 Å². The summed E-state index contributed by atoms with van der Waals surface area (Å²) in [7, 11) is 0. The third kappa shape index (κ3) is 5.25. The van der Waals surface area contributed by atoms with Crippen LogP contribution >= 0.6 is 0 Å². The Morgan fingerprint density at radius 1 is 1.17 bits per heavy atom. The second kappa shape index (κ2) is 7.46. The van der Waals surface area contributed by atoms with Crippen molar-refractivity contribution in [3.05, 3.63) is 0 Å². The van der Waals surface area contributed by atoms with Gasteiger partial charge < -0.3 is 15.2 Å². The third-order valence-corrected chi connectivity index (χ3v) is 4.39. The molecule has 106 valence electrons. The molecule has 2 aliphatic carbocycles. The largest absolute Gasteiger partial charge is 0.389 e. The van der Waals surface area contributed by atoms with Crippen LogP contribution in [0.15, 0.2) is 0 Å². The normalized spacial score (nSPS) is 25.0. The smallest absolute Gasteiger partial charge is 0.0897 e. The van der Waals surface area contributed by atoms with Gasteiger partial charge in [-0.05, 0) is 44.4 Å². The molecule has 0 aliphatic heterocycles. The number of ether oxygens (including phenoxy) is 1. The average molecular weight is 255 g/mol. The van der Waals surface area contributed by atoms with Crippen LogP contribution in [-0.2, 0) is 4.74 Å². The zero-order valence-electron chi connectivity index (χ0n) is 11.7. The summed E-state index contributed by atoms with van der Waals surface area (Å²) >= 11 is 0. The molecule has 2 fully saturated rings. The van der Waals surface area contributed by atoms with Gasteiger partial charge in [-0.15, -0.1) is 0 Å². The van der Waals surface area contributed by atoms with Crippen molar-refractivity contribution >= 4 is 0 Å². The number of hydrogen-bond donors (Lipinski definition) is 2. The standard InChI is InChI=1S/C15H29NO2/c1-12(14-5-3-2-4-6-14)16-9-15(17)11-18-10-13-7-8-13/h12-17H,2-11H2,1H3. The molecule has 0 bridgehead atoms. The van der Waals surface area contributed by atoms with Crippen LogP contribution in [0.25, 0.3) is 0 Å². The fraction of sp³-hybridized carbons (Fsp3) is 1.00. The number of aliphatic hydroxyl groups excluding tert-OH is 1. The highest BCUT2D eigenvalue weighted by molar-refractivity contribution is 4.77. The van der Waals surface area contributed by atoms with E-state index in [2.05, 4.69) is 12.2 Å². The lowest BCUT2D eigenvalue weighted by atomic mass is 9.84. The molecule has 0 aromatic heterocycles. The molecule has 3 heteroatoms. The fourth-order valence-corrected chi connectivity index (χ4v) is 2.84. The van der Waals surface area contributed by atoms with Crippen molar-refractivity contribution in [2.45, 2.75) is 64.0 Å². The highest BCUT2D eigenvalue weighted by Gasteiger charge is 2.22. The summed E-state index contributed by atoms with van der Waals surface area (Å²) in [4.78, 5) is 0. The van der Waals surface area contributed by atoms with Crippen molar-refractivity contribution in [2.24, 2.45) is 11.8 Å². The highest BCUT2D eigenvalue weighted by atomic mass is 16.5. The molecular weight excluding hydrogens is 226 g/mol. The van der Waals surface area contributed by atoms with Crippen molar-refractivity contribution in [1.29, 1.82) is 0 Å². The summed E-state index contributed by atoms with van der Waals surface area (Å²) in [5, 5.41) is 13.3. The van der Waals surface area contributed by atoms with E-state index in [0.29, 0.717) is 19.2 Å². The van der Waals surface area contributed by atoms with E-state index < -0.39 is 0 Å². The first-order valence-corrected chi connectivity index (χ1v) is 7.75. The van der Waals surface area contributed by atoms with Gasteiger partial charge >= 0.3 is 0 Å². The van der Waals surface area contributed by atoms with Gasteiger partial charge in [-0.1, -0.05) is 19.3 Å². The summed E-state index contributed by atoms with van der Waals surface area (Å²) in [5.41, 5.74) is 0. The molecule has 0 heterocycles. The Kier molecular flexibility index (Phi) is 5.93. The van der Waals surface area contributed by atoms with Crippen molar-refractivity contribution in [3.63, 3.8) is 0 Å². The molecule has 0 radical (unpaired) electrons. The number of rotatable bonds is 8. The molecule has 0 saturated heterocycles. The first-order chi connectivity index (χ1) is 8.75. The van der Waals surface area contributed by atoms with Crippen molar-refractivity contribution in [1.82, 2.24) is 5.32 Å². The maximum absolute atomic E-state index is 9.84. The van der Waals surface area contributed by atoms with Crippen LogP contribution in [0.1, 0.15) is 51.9 Å². The van der Waals surface area contributed by atoms with Crippen LogP contribution in [0, 0.1) is 11.8 Å². The van der Waals surface area contributed by atoms with Gasteiger partial charge in [0.15, 0.2) is 0 Å². The van der Waals surface area contributed by atoms with Gasteiger partial charge in [0.25, 0.3) is 0 Å². The Bertz CT molecular complexity index is 225. The van der Waals surface area contributed by atoms with E-state index in [1.165, 1.54) is 44.9 Å². The van der Waals surface area contributed by atoms with Gasteiger partial charge in [0.1, 0.15) is 0 Å². The summed E-state index contributed by atoms with van der Waals surface area (Å²) in [6.45, 7) is 4.26. The molecule has 2 unspecified atom stereocenters. The zero-order chi connectivity index (χ0) is 12.8. The van der Waals surface area contributed by atoms with E-state index in [-0.39, 0.29) is 6.10 Å². The summed E-state index contributed by atoms with van der Waals surface area (Å²) in [6.07, 6.45) is 9.13. The number of nitrogens with one attached hydrogen (secondary N) is 1. The van der Waals surface area contributed by atoms with Crippen LogP contribution in [0.4, 0.5) is 0 Å². The molecule has 18 heavy (non-hydrogen) atoms. The molecule has 0 spiro atoms. The molecule has 0 amide bonds. The minimum atomic E-state index is -0.352. The van der Waals surface area contributed by atoms with Crippen molar-refractivity contribution in [2.75, 3.05) is 19.8 Å². The molecule has 2 N–H and O–H groups in total. The lowest BCUT2D eigenvalue weighted by molar-refractivity contribution is 0.0302. The van der Waals surface area contributed by atoms with Crippen LogP contribution in [0.2, 0.25) is 0 Å². The molecule has 2 atom stereocenters. The summed E-state index contributed by atoms with van der Waals surface area (Å²) in [6, 6.07) is 0.531. The second-order valence-corrected chi connectivity index (χ2v) is 6.23. The molecule has 0 aromatic carbocycles. The molecule has 0 aromatic rings. The van der Waals surface area contributed by atoms with Crippen LogP contribution < -0.4 is 5.32 Å². The lowest BCUT2D eigenvalue weighted by Crippen LogP contribution is -2.40. The van der Waals surface area contributed by atoms with E-state index in [1.54, 1.807) is 0 Å². The first-order valence-electron chi connectivity index (χ1n) is 7.75. The van der Waals surface area contributed by atoms with Gasteiger partial charge in [0.05, 0.1) is 12.7 Å². The zero-order valence-corrected chi connectivity index (χ0v) is 11.7. The highest BCUT2D eigenvalue weighted by Crippen LogP contribution is 2.28. The molecule has 2 aliphatic rings. The SMILES string of the molecule is CC(NCC(O)COCC1CC1)C1CCCCC1. The molecule has 2 saturated carbocycles.